The topological polar surface area (TPSA) is 60.2 Å². The predicted octanol–water partition coefficient (Wildman–Crippen LogP) is 3.73. The number of benzene rings is 1. The zero-order valence-electron chi connectivity index (χ0n) is 13.3. The molecule has 3 heterocycles. The molecule has 0 atom stereocenters. The Kier molecular flexibility index (Phi) is 3.85. The average molecular weight is 352 g/mol. The highest BCUT2D eigenvalue weighted by molar-refractivity contribution is 7.09. The normalized spacial score (nSPS) is 11.1. The number of pyridine rings is 1. The lowest BCUT2D eigenvalue weighted by Gasteiger charge is -2.07. The van der Waals surface area contributed by atoms with Gasteiger partial charge in [-0.25, -0.2) is 18.9 Å². The maximum absolute atomic E-state index is 13.5. The minimum absolute atomic E-state index is 0.0920. The van der Waals surface area contributed by atoms with Gasteiger partial charge in [0.2, 0.25) is 0 Å². The molecule has 0 radical (unpaired) electrons. The van der Waals surface area contributed by atoms with Gasteiger partial charge in [-0.15, -0.1) is 11.3 Å². The lowest BCUT2D eigenvalue weighted by atomic mass is 10.0. The molecule has 1 aromatic carbocycles. The van der Waals surface area contributed by atoms with Crippen LogP contribution in [0.3, 0.4) is 0 Å². The van der Waals surface area contributed by atoms with E-state index in [9.17, 15) is 9.18 Å². The molecule has 0 N–H and O–H groups in total. The molecule has 4 aromatic rings. The first-order chi connectivity index (χ1) is 12.1. The first kappa shape index (κ1) is 15.6. The number of halogens is 1. The summed E-state index contributed by atoms with van der Waals surface area (Å²) in [6.07, 6.45) is 3.34. The third-order valence-electron chi connectivity index (χ3n) is 3.81. The molecule has 0 aliphatic rings. The van der Waals surface area contributed by atoms with Gasteiger partial charge in [-0.1, -0.05) is 12.1 Å². The van der Waals surface area contributed by atoms with Crippen molar-refractivity contribution in [1.82, 2.24) is 19.6 Å². The molecular formula is C18H13FN4OS. The number of aryl methyl sites for hydroxylation is 1. The average Bonchev–Trinajstić information content (AvgIpc) is 3.22. The van der Waals surface area contributed by atoms with Crippen LogP contribution in [-0.4, -0.2) is 25.4 Å². The molecule has 0 fully saturated rings. The van der Waals surface area contributed by atoms with E-state index in [4.69, 9.17) is 0 Å². The van der Waals surface area contributed by atoms with Crippen molar-refractivity contribution < 1.29 is 9.18 Å². The van der Waals surface area contributed by atoms with Crippen molar-refractivity contribution in [2.75, 3.05) is 0 Å². The van der Waals surface area contributed by atoms with Crippen molar-refractivity contribution in [3.05, 3.63) is 70.3 Å². The molecule has 7 heteroatoms. The third-order valence-corrected chi connectivity index (χ3v) is 4.78. The number of thiazole rings is 1. The van der Waals surface area contributed by atoms with E-state index in [2.05, 4.69) is 15.1 Å². The summed E-state index contributed by atoms with van der Waals surface area (Å²) >= 11 is 1.46. The van der Waals surface area contributed by atoms with E-state index in [-0.39, 0.29) is 18.0 Å². The number of ketones is 1. The molecule has 0 aliphatic heterocycles. The number of fused-ring (bicyclic) bond motifs is 1. The number of aromatic nitrogens is 4. The molecule has 25 heavy (non-hydrogen) atoms. The molecule has 0 spiro atoms. The maximum Gasteiger partial charge on any atom is 0.173 e. The standard InChI is InChI=1S/C18H13FN4OS/c1-11-9-25-17(22-11)7-16(24)15-6-13(8-23-18(15)20-10-21-23)12-3-2-4-14(19)5-12/h2-6,8-10H,7H2,1H3. The minimum Gasteiger partial charge on any atom is -0.294 e. The molecule has 124 valence electrons. The maximum atomic E-state index is 13.5. The molecule has 5 nitrogen and oxygen atoms in total. The van der Waals surface area contributed by atoms with Gasteiger partial charge >= 0.3 is 0 Å². The number of hydrogen-bond acceptors (Lipinski definition) is 5. The Labute approximate surface area is 146 Å². The van der Waals surface area contributed by atoms with Crippen LogP contribution in [0, 0.1) is 12.7 Å². The zero-order chi connectivity index (χ0) is 17.4. The van der Waals surface area contributed by atoms with E-state index in [0.717, 1.165) is 10.7 Å². The Morgan fingerprint density at radius 1 is 1.28 bits per heavy atom. The van der Waals surface area contributed by atoms with Crippen LogP contribution in [0.15, 0.2) is 48.2 Å². The summed E-state index contributed by atoms with van der Waals surface area (Å²) in [4.78, 5) is 21.3. The van der Waals surface area contributed by atoms with Crippen LogP contribution >= 0.6 is 11.3 Å². The second-order valence-electron chi connectivity index (χ2n) is 5.66. The van der Waals surface area contributed by atoms with Gasteiger partial charge in [0.1, 0.15) is 17.2 Å². The van der Waals surface area contributed by atoms with E-state index in [1.54, 1.807) is 28.9 Å². The predicted molar refractivity (Wildman–Crippen MR) is 93.3 cm³/mol. The summed E-state index contributed by atoms with van der Waals surface area (Å²) < 4.78 is 15.1. The molecule has 0 unspecified atom stereocenters. The number of carbonyl (C=O) groups excluding carboxylic acids is 1. The first-order valence-electron chi connectivity index (χ1n) is 7.64. The SMILES string of the molecule is Cc1csc(CC(=O)c2cc(-c3cccc(F)c3)cn3ncnc23)n1. The van der Waals surface area contributed by atoms with Crippen molar-refractivity contribution in [2.45, 2.75) is 13.3 Å². The van der Waals surface area contributed by atoms with E-state index in [1.807, 2.05) is 12.3 Å². The highest BCUT2D eigenvalue weighted by atomic mass is 32.1. The molecule has 0 aliphatic carbocycles. The molecule has 4 rings (SSSR count). The van der Waals surface area contributed by atoms with Crippen molar-refractivity contribution >= 4 is 22.8 Å². The van der Waals surface area contributed by atoms with Crippen LogP contribution in [-0.2, 0) is 6.42 Å². The van der Waals surface area contributed by atoms with Crippen LogP contribution in [0.5, 0.6) is 0 Å². The van der Waals surface area contributed by atoms with E-state index >= 15 is 0 Å². The summed E-state index contributed by atoms with van der Waals surface area (Å²) in [5, 5.41) is 6.80. The van der Waals surface area contributed by atoms with Crippen LogP contribution in [0.2, 0.25) is 0 Å². The zero-order valence-corrected chi connectivity index (χ0v) is 14.1. The summed E-state index contributed by atoms with van der Waals surface area (Å²) in [6.45, 7) is 1.89. The van der Waals surface area contributed by atoms with E-state index < -0.39 is 0 Å². The molecule has 3 aromatic heterocycles. The van der Waals surface area contributed by atoms with Crippen molar-refractivity contribution in [3.8, 4) is 11.1 Å². The van der Waals surface area contributed by atoms with Crippen LogP contribution in [0.4, 0.5) is 4.39 Å². The monoisotopic (exact) mass is 352 g/mol. The lowest BCUT2D eigenvalue weighted by molar-refractivity contribution is 0.0994. The fourth-order valence-corrected chi connectivity index (χ4v) is 3.44. The van der Waals surface area contributed by atoms with Gasteiger partial charge in [-0.2, -0.15) is 5.10 Å². The van der Waals surface area contributed by atoms with Crippen LogP contribution in [0.1, 0.15) is 21.1 Å². The largest absolute Gasteiger partial charge is 0.294 e. The fraction of sp³-hybridized carbons (Fsp3) is 0.111. The molecule has 0 amide bonds. The van der Waals surface area contributed by atoms with Crippen molar-refractivity contribution in [1.29, 1.82) is 0 Å². The Bertz CT molecular complexity index is 1090. The second kappa shape index (κ2) is 6.18. The van der Waals surface area contributed by atoms with Crippen LogP contribution in [0.25, 0.3) is 16.8 Å². The van der Waals surface area contributed by atoms with Gasteiger partial charge in [0, 0.05) is 22.8 Å². The minimum atomic E-state index is -0.331. The van der Waals surface area contributed by atoms with E-state index in [0.29, 0.717) is 22.3 Å². The van der Waals surface area contributed by atoms with Gasteiger partial charge < -0.3 is 0 Å². The summed E-state index contributed by atoms with van der Waals surface area (Å²) in [7, 11) is 0. The first-order valence-corrected chi connectivity index (χ1v) is 8.51. The van der Waals surface area contributed by atoms with Gasteiger partial charge in [0.05, 0.1) is 12.0 Å². The smallest absolute Gasteiger partial charge is 0.173 e. The fourth-order valence-electron chi connectivity index (χ4n) is 2.67. The number of carbonyl (C=O) groups is 1. The van der Waals surface area contributed by atoms with Gasteiger partial charge in [-0.05, 0) is 30.7 Å². The summed E-state index contributed by atoms with van der Waals surface area (Å²) in [6, 6.07) is 7.97. The number of nitrogens with zero attached hydrogens (tertiary/aromatic N) is 4. The summed E-state index contributed by atoms with van der Waals surface area (Å²) in [5.41, 5.74) is 3.21. The summed E-state index contributed by atoms with van der Waals surface area (Å²) in [5.74, 6) is -0.423. The van der Waals surface area contributed by atoms with Crippen molar-refractivity contribution in [3.63, 3.8) is 0 Å². The Hall–Kier alpha value is -2.93. The Morgan fingerprint density at radius 3 is 2.92 bits per heavy atom. The van der Waals surface area contributed by atoms with Gasteiger partial charge in [0.25, 0.3) is 0 Å². The highest BCUT2D eigenvalue weighted by Crippen LogP contribution is 2.24. The number of rotatable bonds is 4. The number of hydrogen-bond donors (Lipinski definition) is 0. The van der Waals surface area contributed by atoms with Crippen LogP contribution < -0.4 is 0 Å². The third kappa shape index (κ3) is 3.06. The van der Waals surface area contributed by atoms with Gasteiger partial charge in [-0.3, -0.25) is 4.79 Å². The molecule has 0 saturated carbocycles. The Morgan fingerprint density at radius 2 is 2.16 bits per heavy atom. The Balaban J connectivity index is 1.79. The second-order valence-corrected chi connectivity index (χ2v) is 6.61. The quantitative estimate of drug-likeness (QED) is 0.525. The van der Waals surface area contributed by atoms with E-state index in [1.165, 1.54) is 29.8 Å². The lowest BCUT2D eigenvalue weighted by Crippen LogP contribution is -2.07. The number of Topliss-reactive ketones (excluding diaryl/α,β-unsaturated/α-hetero) is 1. The molecule has 0 saturated heterocycles. The highest BCUT2D eigenvalue weighted by Gasteiger charge is 2.17. The van der Waals surface area contributed by atoms with Crippen molar-refractivity contribution in [2.24, 2.45) is 0 Å². The molecule has 0 bridgehead atoms. The molecular weight excluding hydrogens is 339 g/mol. The van der Waals surface area contributed by atoms with Gasteiger partial charge in [0.15, 0.2) is 11.4 Å².